The molecule has 0 atom stereocenters. The summed E-state index contributed by atoms with van der Waals surface area (Å²) >= 11 is 0. The predicted molar refractivity (Wildman–Crippen MR) is 105 cm³/mol. The Morgan fingerprint density at radius 2 is 1.78 bits per heavy atom. The molecular formula is C22H18N4O. The Morgan fingerprint density at radius 3 is 2.63 bits per heavy atom. The molecule has 2 aromatic heterocycles. The molecule has 27 heavy (non-hydrogen) atoms. The largest absolute Gasteiger partial charge is 0.322 e. The van der Waals surface area contributed by atoms with E-state index in [1.165, 1.54) is 22.3 Å². The molecule has 1 aliphatic rings. The second-order valence-corrected chi connectivity index (χ2v) is 6.76. The van der Waals surface area contributed by atoms with Crippen molar-refractivity contribution in [2.24, 2.45) is 7.05 Å². The predicted octanol–water partition coefficient (Wildman–Crippen LogP) is 4.03. The molecule has 0 fully saturated rings. The van der Waals surface area contributed by atoms with Crippen LogP contribution >= 0.6 is 0 Å². The number of aryl methyl sites for hydroxylation is 1. The second kappa shape index (κ2) is 5.99. The van der Waals surface area contributed by atoms with Gasteiger partial charge in [-0.25, -0.2) is 0 Å². The van der Waals surface area contributed by atoms with Gasteiger partial charge in [0.2, 0.25) is 0 Å². The number of rotatable bonds is 3. The van der Waals surface area contributed by atoms with Crippen LogP contribution in [-0.4, -0.2) is 20.3 Å². The van der Waals surface area contributed by atoms with Gasteiger partial charge in [0, 0.05) is 25.1 Å². The van der Waals surface area contributed by atoms with E-state index in [1.54, 1.807) is 10.9 Å². The van der Waals surface area contributed by atoms with Gasteiger partial charge in [-0.05, 0) is 52.9 Å². The van der Waals surface area contributed by atoms with E-state index >= 15 is 0 Å². The molecule has 0 radical (unpaired) electrons. The summed E-state index contributed by atoms with van der Waals surface area (Å²) in [4.78, 5) is 12.9. The van der Waals surface area contributed by atoms with Gasteiger partial charge in [-0.2, -0.15) is 5.10 Å². The smallest absolute Gasteiger partial charge is 0.261 e. The van der Waals surface area contributed by atoms with Gasteiger partial charge in [-0.15, -0.1) is 0 Å². The molecule has 0 saturated heterocycles. The maximum absolute atomic E-state index is 12.9. The van der Waals surface area contributed by atoms with Crippen molar-refractivity contribution < 1.29 is 4.79 Å². The third kappa shape index (κ3) is 2.56. The first-order chi connectivity index (χ1) is 13.2. The fourth-order valence-electron chi connectivity index (χ4n) is 3.79. The first kappa shape index (κ1) is 15.6. The summed E-state index contributed by atoms with van der Waals surface area (Å²) in [5.74, 6) is 0.577. The lowest BCUT2D eigenvalue weighted by Crippen LogP contribution is -2.15. The summed E-state index contributed by atoms with van der Waals surface area (Å²) in [5.41, 5.74) is 6.45. The van der Waals surface area contributed by atoms with Crippen LogP contribution < -0.4 is 5.32 Å². The van der Waals surface area contributed by atoms with E-state index in [2.05, 4.69) is 46.8 Å². The van der Waals surface area contributed by atoms with Gasteiger partial charge in [0.05, 0.1) is 6.20 Å². The van der Waals surface area contributed by atoms with Crippen molar-refractivity contribution in [2.75, 3.05) is 5.32 Å². The normalized spacial score (nSPS) is 11.9. The van der Waals surface area contributed by atoms with E-state index < -0.39 is 0 Å². The fraction of sp³-hybridized carbons (Fsp3) is 0.0909. The van der Waals surface area contributed by atoms with Crippen molar-refractivity contribution in [1.82, 2.24) is 14.3 Å². The number of aromatic nitrogens is 3. The van der Waals surface area contributed by atoms with Crippen LogP contribution in [0.3, 0.4) is 0 Å². The minimum absolute atomic E-state index is 0.165. The van der Waals surface area contributed by atoms with Gasteiger partial charge in [-0.3, -0.25) is 9.48 Å². The topological polar surface area (TPSA) is 51.9 Å². The number of amides is 1. The fourth-order valence-corrected chi connectivity index (χ4v) is 3.79. The van der Waals surface area contributed by atoms with Gasteiger partial charge in [0.15, 0.2) is 0 Å². The van der Waals surface area contributed by atoms with Gasteiger partial charge in [0.25, 0.3) is 5.91 Å². The zero-order valence-corrected chi connectivity index (χ0v) is 14.9. The van der Waals surface area contributed by atoms with Crippen molar-refractivity contribution in [3.8, 4) is 16.9 Å². The molecule has 1 N–H and O–H groups in total. The number of hydrogen-bond donors (Lipinski definition) is 1. The van der Waals surface area contributed by atoms with E-state index in [-0.39, 0.29) is 5.91 Å². The minimum Gasteiger partial charge on any atom is -0.322 e. The SMILES string of the molecule is Cn1ncc(C(=O)Nc2ccc3c(c2)Cc2ccccc2-3)c1-n1cccc1. The summed E-state index contributed by atoms with van der Waals surface area (Å²) < 4.78 is 3.59. The Kier molecular flexibility index (Phi) is 3.47. The molecule has 5 nitrogen and oxygen atoms in total. The van der Waals surface area contributed by atoms with Crippen LogP contribution in [0.15, 0.2) is 73.2 Å². The quantitative estimate of drug-likeness (QED) is 0.532. The third-order valence-corrected chi connectivity index (χ3v) is 5.05. The molecule has 5 heteroatoms. The highest BCUT2D eigenvalue weighted by Crippen LogP contribution is 2.37. The Hall–Kier alpha value is -3.60. The lowest BCUT2D eigenvalue weighted by atomic mass is 10.1. The average molecular weight is 354 g/mol. The summed E-state index contributed by atoms with van der Waals surface area (Å²) in [5, 5.41) is 7.28. The number of fused-ring (bicyclic) bond motifs is 3. The van der Waals surface area contributed by atoms with E-state index in [9.17, 15) is 4.79 Å². The standard InChI is InChI=1S/C22H18N4O/c1-25-22(26-10-4-5-11-26)20(14-23-25)21(27)24-17-8-9-19-16(13-17)12-15-6-2-3-7-18(15)19/h2-11,13-14H,12H2,1H3,(H,24,27). The summed E-state index contributed by atoms with van der Waals surface area (Å²) in [6, 6.07) is 18.4. The molecule has 0 bridgehead atoms. The Morgan fingerprint density at radius 1 is 1.00 bits per heavy atom. The first-order valence-corrected chi connectivity index (χ1v) is 8.88. The Bertz CT molecular complexity index is 1160. The van der Waals surface area contributed by atoms with E-state index in [0.29, 0.717) is 5.56 Å². The number of carbonyl (C=O) groups excluding carboxylic acids is 1. The molecule has 2 heterocycles. The van der Waals surface area contributed by atoms with Crippen LogP contribution in [-0.2, 0) is 13.5 Å². The van der Waals surface area contributed by atoms with Crippen LogP contribution in [0.4, 0.5) is 5.69 Å². The summed E-state index contributed by atoms with van der Waals surface area (Å²) in [6.45, 7) is 0. The minimum atomic E-state index is -0.165. The monoisotopic (exact) mass is 354 g/mol. The third-order valence-electron chi connectivity index (χ3n) is 5.05. The van der Waals surface area contributed by atoms with Crippen molar-refractivity contribution in [3.63, 3.8) is 0 Å². The van der Waals surface area contributed by atoms with Crippen LogP contribution in [0.25, 0.3) is 16.9 Å². The number of hydrogen-bond acceptors (Lipinski definition) is 2. The van der Waals surface area contributed by atoms with Gasteiger partial charge >= 0.3 is 0 Å². The first-order valence-electron chi connectivity index (χ1n) is 8.88. The molecule has 0 unspecified atom stereocenters. The van der Waals surface area contributed by atoms with E-state index in [0.717, 1.165) is 17.9 Å². The van der Waals surface area contributed by atoms with Gasteiger partial charge in [0.1, 0.15) is 11.4 Å². The van der Waals surface area contributed by atoms with E-state index in [1.807, 2.05) is 42.2 Å². The Balaban J connectivity index is 1.44. The molecule has 0 spiro atoms. The van der Waals surface area contributed by atoms with Crippen LogP contribution in [0.2, 0.25) is 0 Å². The highest BCUT2D eigenvalue weighted by Gasteiger charge is 2.20. The number of carbonyl (C=O) groups is 1. The lowest BCUT2D eigenvalue weighted by Gasteiger charge is -2.10. The molecule has 0 saturated carbocycles. The average Bonchev–Trinajstić information content (AvgIpc) is 3.38. The lowest BCUT2D eigenvalue weighted by molar-refractivity contribution is 0.102. The highest BCUT2D eigenvalue weighted by molar-refractivity contribution is 6.06. The van der Waals surface area contributed by atoms with E-state index in [4.69, 9.17) is 0 Å². The van der Waals surface area contributed by atoms with Gasteiger partial charge in [-0.1, -0.05) is 30.3 Å². The summed E-state index contributed by atoms with van der Waals surface area (Å²) in [7, 11) is 1.83. The Labute approximate surface area is 156 Å². The zero-order valence-electron chi connectivity index (χ0n) is 14.9. The highest BCUT2D eigenvalue weighted by atomic mass is 16.1. The van der Waals surface area contributed by atoms with Crippen molar-refractivity contribution in [3.05, 3.63) is 89.9 Å². The van der Waals surface area contributed by atoms with Crippen molar-refractivity contribution >= 4 is 11.6 Å². The molecule has 1 aliphatic carbocycles. The second-order valence-electron chi connectivity index (χ2n) is 6.76. The summed E-state index contributed by atoms with van der Waals surface area (Å²) in [6.07, 6.45) is 6.31. The molecule has 0 aliphatic heterocycles. The maximum Gasteiger partial charge on any atom is 0.261 e. The molecule has 5 rings (SSSR count). The number of nitrogens with one attached hydrogen (secondary N) is 1. The number of anilines is 1. The zero-order chi connectivity index (χ0) is 18.4. The van der Waals surface area contributed by atoms with Crippen LogP contribution in [0, 0.1) is 0 Å². The number of nitrogens with zero attached hydrogens (tertiary/aromatic N) is 3. The maximum atomic E-state index is 12.9. The van der Waals surface area contributed by atoms with Crippen molar-refractivity contribution in [1.29, 1.82) is 0 Å². The molecule has 132 valence electrons. The molecular weight excluding hydrogens is 336 g/mol. The van der Waals surface area contributed by atoms with Crippen molar-refractivity contribution in [2.45, 2.75) is 6.42 Å². The number of benzene rings is 2. The van der Waals surface area contributed by atoms with Crippen LogP contribution in [0.5, 0.6) is 0 Å². The molecule has 4 aromatic rings. The molecule has 2 aromatic carbocycles. The molecule has 1 amide bonds. The van der Waals surface area contributed by atoms with Crippen LogP contribution in [0.1, 0.15) is 21.5 Å². The van der Waals surface area contributed by atoms with Gasteiger partial charge < -0.3 is 9.88 Å².